The molecule has 0 aliphatic rings. The van der Waals surface area contributed by atoms with Gasteiger partial charge in [0, 0.05) is 19.3 Å². The van der Waals surface area contributed by atoms with Gasteiger partial charge in [-0.2, -0.15) is 0 Å². The van der Waals surface area contributed by atoms with Gasteiger partial charge < -0.3 is 14.2 Å². The molecular weight excluding hydrogens is 985 g/mol. The van der Waals surface area contributed by atoms with Crippen molar-refractivity contribution in [2.45, 2.75) is 277 Å². The third-order valence-corrected chi connectivity index (χ3v) is 13.3. The topological polar surface area (TPSA) is 78.9 Å². The lowest BCUT2D eigenvalue weighted by atomic mass is 10.1. The number of hydrogen-bond donors (Lipinski definition) is 0. The molecule has 0 aliphatic carbocycles. The smallest absolute Gasteiger partial charge is 0.306 e. The Morgan fingerprint density at radius 3 is 0.762 bits per heavy atom. The molecule has 0 fully saturated rings. The van der Waals surface area contributed by atoms with Crippen molar-refractivity contribution in [1.82, 2.24) is 0 Å². The Morgan fingerprint density at radius 1 is 0.263 bits per heavy atom. The second-order valence-corrected chi connectivity index (χ2v) is 20.9. The summed E-state index contributed by atoms with van der Waals surface area (Å²) in [5.74, 6) is -0.933. The zero-order chi connectivity index (χ0) is 57.8. The summed E-state index contributed by atoms with van der Waals surface area (Å²) in [7, 11) is 0. The predicted molar refractivity (Wildman–Crippen MR) is 348 cm³/mol. The van der Waals surface area contributed by atoms with Gasteiger partial charge in [0.05, 0.1) is 0 Å². The zero-order valence-corrected chi connectivity index (χ0v) is 51.5. The van der Waals surface area contributed by atoms with Crippen molar-refractivity contribution in [2.75, 3.05) is 13.2 Å². The molecule has 0 aromatic carbocycles. The average Bonchev–Trinajstić information content (AvgIpc) is 3.46. The van der Waals surface area contributed by atoms with Crippen LogP contribution in [0, 0.1) is 0 Å². The maximum Gasteiger partial charge on any atom is 0.306 e. The Balaban J connectivity index is 4.26. The van der Waals surface area contributed by atoms with Gasteiger partial charge in [-0.3, -0.25) is 14.4 Å². The van der Waals surface area contributed by atoms with Crippen LogP contribution in [0.5, 0.6) is 0 Å². The van der Waals surface area contributed by atoms with E-state index >= 15 is 0 Å². The molecule has 0 saturated heterocycles. The summed E-state index contributed by atoms with van der Waals surface area (Å²) in [6.45, 7) is 6.35. The summed E-state index contributed by atoms with van der Waals surface area (Å²) in [6, 6.07) is 0. The normalized spacial score (nSPS) is 13.2. The largest absolute Gasteiger partial charge is 0.462 e. The lowest BCUT2D eigenvalue weighted by Gasteiger charge is -2.18. The van der Waals surface area contributed by atoms with E-state index in [1.807, 2.05) is 0 Å². The van der Waals surface area contributed by atoms with Gasteiger partial charge >= 0.3 is 17.9 Å². The molecule has 0 N–H and O–H groups in total. The van der Waals surface area contributed by atoms with Crippen LogP contribution in [-0.4, -0.2) is 37.2 Å². The van der Waals surface area contributed by atoms with Crippen LogP contribution < -0.4 is 0 Å². The Morgan fingerprint density at radius 2 is 0.487 bits per heavy atom. The molecule has 0 radical (unpaired) electrons. The molecule has 6 heteroatoms. The molecule has 0 saturated carbocycles. The van der Waals surface area contributed by atoms with Gasteiger partial charge in [-0.05, 0) is 128 Å². The summed E-state index contributed by atoms with van der Waals surface area (Å²) in [6.07, 6.45) is 96.9. The number of hydrogen-bond acceptors (Lipinski definition) is 6. The minimum atomic E-state index is -0.800. The highest BCUT2D eigenvalue weighted by atomic mass is 16.6. The summed E-state index contributed by atoms with van der Waals surface area (Å²) in [5, 5.41) is 0. The van der Waals surface area contributed by atoms with Crippen LogP contribution >= 0.6 is 0 Å². The number of allylic oxidation sites excluding steroid dienone is 26. The molecule has 1 atom stereocenters. The Hall–Kier alpha value is -4.97. The van der Waals surface area contributed by atoms with Crippen molar-refractivity contribution in [3.05, 3.63) is 158 Å². The van der Waals surface area contributed by atoms with Crippen molar-refractivity contribution < 1.29 is 28.6 Å². The van der Waals surface area contributed by atoms with E-state index in [9.17, 15) is 14.4 Å². The highest BCUT2D eigenvalue weighted by molar-refractivity contribution is 5.71. The number of ether oxygens (including phenoxy) is 3. The van der Waals surface area contributed by atoms with E-state index in [0.717, 1.165) is 161 Å². The minimum Gasteiger partial charge on any atom is -0.462 e. The molecule has 0 rings (SSSR count). The van der Waals surface area contributed by atoms with Gasteiger partial charge in [0.15, 0.2) is 6.10 Å². The third kappa shape index (κ3) is 63.9. The maximum atomic E-state index is 12.9. The highest BCUT2D eigenvalue weighted by Crippen LogP contribution is 2.15. The SMILES string of the molecule is CC/C=C\C/C=C\C/C=C\C/C=C\C/C=C\C/C=C\C/C=C\CCCCCCCCCCCC(=O)OCC(COC(=O)CCCCCCCCCC)OC(=O)CCCCCC/C=C\C/C=C\C/C=C\C/C=C\C/C=C\C/C=C\CC. The second-order valence-electron chi connectivity index (χ2n) is 20.9. The molecule has 450 valence electrons. The lowest BCUT2D eigenvalue weighted by molar-refractivity contribution is -0.167. The molecule has 0 bridgehead atoms. The fourth-order valence-electron chi connectivity index (χ4n) is 8.48. The van der Waals surface area contributed by atoms with E-state index in [1.165, 1.54) is 70.6 Å². The molecule has 0 aliphatic heterocycles. The molecule has 0 aromatic rings. The quantitative estimate of drug-likeness (QED) is 0.0261. The van der Waals surface area contributed by atoms with E-state index in [-0.39, 0.29) is 31.1 Å². The van der Waals surface area contributed by atoms with Crippen molar-refractivity contribution in [3.8, 4) is 0 Å². The van der Waals surface area contributed by atoms with Crippen molar-refractivity contribution >= 4 is 17.9 Å². The van der Waals surface area contributed by atoms with Crippen LogP contribution in [-0.2, 0) is 28.6 Å². The second kappa shape index (κ2) is 66.5. The summed E-state index contributed by atoms with van der Waals surface area (Å²) >= 11 is 0. The minimum absolute atomic E-state index is 0.0946. The van der Waals surface area contributed by atoms with Crippen LogP contribution in [0.3, 0.4) is 0 Å². The summed E-state index contributed by atoms with van der Waals surface area (Å²) in [4.78, 5) is 38.2. The van der Waals surface area contributed by atoms with Crippen LogP contribution in [0.25, 0.3) is 0 Å². The van der Waals surface area contributed by atoms with E-state index in [2.05, 4.69) is 179 Å². The van der Waals surface area contributed by atoms with E-state index in [4.69, 9.17) is 14.2 Å². The number of carbonyl (C=O) groups excluding carboxylic acids is 3. The van der Waals surface area contributed by atoms with Gasteiger partial charge in [0.1, 0.15) is 13.2 Å². The van der Waals surface area contributed by atoms with Crippen molar-refractivity contribution in [3.63, 3.8) is 0 Å². The van der Waals surface area contributed by atoms with Crippen LogP contribution in [0.1, 0.15) is 271 Å². The van der Waals surface area contributed by atoms with E-state index < -0.39 is 6.10 Å². The first-order chi connectivity index (χ1) is 39.5. The first-order valence-electron chi connectivity index (χ1n) is 32.5. The molecule has 0 amide bonds. The van der Waals surface area contributed by atoms with Crippen molar-refractivity contribution in [2.24, 2.45) is 0 Å². The van der Waals surface area contributed by atoms with Gasteiger partial charge in [-0.1, -0.05) is 281 Å². The average molecular weight is 1100 g/mol. The molecule has 1 unspecified atom stereocenters. The van der Waals surface area contributed by atoms with Crippen LogP contribution in [0.4, 0.5) is 0 Å². The van der Waals surface area contributed by atoms with Gasteiger partial charge in [-0.25, -0.2) is 0 Å². The Bertz CT molecular complexity index is 1790. The van der Waals surface area contributed by atoms with Gasteiger partial charge in [0.2, 0.25) is 0 Å². The molecule has 0 spiro atoms. The Labute approximate surface area is 492 Å². The Kier molecular flexibility index (Phi) is 62.4. The highest BCUT2D eigenvalue weighted by Gasteiger charge is 2.19. The molecule has 0 heterocycles. The van der Waals surface area contributed by atoms with Gasteiger partial charge in [-0.15, -0.1) is 0 Å². The number of carbonyl (C=O) groups is 3. The molecular formula is C74H118O6. The third-order valence-electron chi connectivity index (χ3n) is 13.3. The number of esters is 3. The fourth-order valence-corrected chi connectivity index (χ4v) is 8.48. The predicted octanol–water partition coefficient (Wildman–Crippen LogP) is 22.5. The standard InChI is InChI=1S/C74H118O6/c1-4-7-10-13-16-19-21-23-25-27-29-31-33-34-35-36-37-38-39-40-42-43-45-47-49-51-53-55-58-61-64-67-73(76)79-70-71(69-78-72(75)66-63-60-57-18-15-12-9-6-3)80-74(77)68-65-62-59-56-54-52-50-48-46-44-41-32-30-28-26-24-22-20-17-14-11-8-5-2/h7-8,10-11,16-17,19-20,23-26,29-32,34-35,37-38,40,42,44,46,50,52,71H,4-6,9,12-15,18,21-22,27-28,33,36,39,41,43,45,47-49,51,53-70H2,1-3H3/b10-7-,11-8-,19-16-,20-17-,25-23-,26-24-,31-29-,32-30-,35-34-,38-37-,42-40-,46-44-,52-50-. The van der Waals surface area contributed by atoms with Crippen LogP contribution in [0.15, 0.2) is 158 Å². The van der Waals surface area contributed by atoms with Gasteiger partial charge in [0.25, 0.3) is 0 Å². The van der Waals surface area contributed by atoms with Crippen LogP contribution in [0.2, 0.25) is 0 Å². The van der Waals surface area contributed by atoms with Crippen molar-refractivity contribution in [1.29, 1.82) is 0 Å². The molecule has 0 aromatic heterocycles. The lowest BCUT2D eigenvalue weighted by Crippen LogP contribution is -2.30. The number of rotatable bonds is 57. The molecule has 80 heavy (non-hydrogen) atoms. The first kappa shape index (κ1) is 75.0. The molecule has 6 nitrogen and oxygen atoms in total. The fraction of sp³-hybridized carbons (Fsp3) is 0.608. The number of unbranched alkanes of at least 4 members (excludes halogenated alkanes) is 20. The monoisotopic (exact) mass is 1100 g/mol. The van der Waals surface area contributed by atoms with E-state index in [1.54, 1.807) is 0 Å². The summed E-state index contributed by atoms with van der Waals surface area (Å²) in [5.41, 5.74) is 0. The van der Waals surface area contributed by atoms with E-state index in [0.29, 0.717) is 19.3 Å². The maximum absolute atomic E-state index is 12.9. The summed E-state index contributed by atoms with van der Waals surface area (Å²) < 4.78 is 16.8. The zero-order valence-electron chi connectivity index (χ0n) is 51.5. The first-order valence-corrected chi connectivity index (χ1v) is 32.5.